The van der Waals surface area contributed by atoms with E-state index >= 15 is 0 Å². The van der Waals surface area contributed by atoms with Gasteiger partial charge in [0.05, 0.1) is 10.9 Å². The van der Waals surface area contributed by atoms with Crippen LogP contribution < -0.4 is 11.1 Å². The van der Waals surface area contributed by atoms with E-state index in [4.69, 9.17) is 18.0 Å². The summed E-state index contributed by atoms with van der Waals surface area (Å²) in [5.41, 5.74) is 5.56. The van der Waals surface area contributed by atoms with Crippen LogP contribution in [0.3, 0.4) is 0 Å². The second kappa shape index (κ2) is 5.43. The van der Waals surface area contributed by atoms with E-state index in [1.807, 2.05) is 13.8 Å². The number of rotatable bonds is 3. The highest BCUT2D eigenvalue weighted by molar-refractivity contribution is 7.80. The molecule has 1 aliphatic heterocycles. The molecule has 0 aliphatic carbocycles. The van der Waals surface area contributed by atoms with Crippen LogP contribution in [0.5, 0.6) is 0 Å². The van der Waals surface area contributed by atoms with E-state index < -0.39 is 23.8 Å². The maximum Gasteiger partial charge on any atom is 0.249 e. The van der Waals surface area contributed by atoms with Crippen molar-refractivity contribution in [3.05, 3.63) is 0 Å². The Kier molecular flexibility index (Phi) is 4.39. The summed E-state index contributed by atoms with van der Waals surface area (Å²) in [6.07, 6.45) is 0. The zero-order chi connectivity index (χ0) is 14.0. The zero-order valence-corrected chi connectivity index (χ0v) is 11.4. The number of hydrogen-bond donors (Lipinski definition) is 2. The second-order valence-electron chi connectivity index (χ2n) is 4.68. The Bertz CT molecular complexity index is 408. The summed E-state index contributed by atoms with van der Waals surface area (Å²) >= 11 is 4.88. The van der Waals surface area contributed by atoms with Crippen LogP contribution >= 0.6 is 12.2 Å². The molecule has 0 spiro atoms. The van der Waals surface area contributed by atoms with Gasteiger partial charge in [-0.15, -0.1) is 0 Å². The quantitative estimate of drug-likeness (QED) is 0.529. The first-order valence-corrected chi connectivity index (χ1v) is 6.10. The number of nitrogens with zero attached hydrogens (tertiary/aromatic N) is 1. The molecule has 3 amide bonds. The SMILES string of the molecule is CC(C)C(C(=O)N1CC(=O)NC(=O)C1C)C(N)=S. The van der Waals surface area contributed by atoms with Crippen molar-refractivity contribution in [1.29, 1.82) is 0 Å². The zero-order valence-electron chi connectivity index (χ0n) is 10.6. The summed E-state index contributed by atoms with van der Waals surface area (Å²) in [6.45, 7) is 5.06. The van der Waals surface area contributed by atoms with E-state index in [1.165, 1.54) is 4.90 Å². The van der Waals surface area contributed by atoms with Crippen molar-refractivity contribution in [2.75, 3.05) is 6.54 Å². The van der Waals surface area contributed by atoms with Crippen molar-refractivity contribution in [2.24, 2.45) is 17.6 Å². The van der Waals surface area contributed by atoms with Gasteiger partial charge in [0.1, 0.15) is 12.6 Å². The number of thiocarbonyl (C=S) groups is 1. The van der Waals surface area contributed by atoms with Gasteiger partial charge >= 0.3 is 0 Å². The largest absolute Gasteiger partial charge is 0.393 e. The molecule has 2 atom stereocenters. The van der Waals surface area contributed by atoms with E-state index in [-0.39, 0.29) is 23.4 Å². The van der Waals surface area contributed by atoms with Gasteiger partial charge in [-0.1, -0.05) is 26.1 Å². The lowest BCUT2D eigenvalue weighted by atomic mass is 9.93. The minimum Gasteiger partial charge on any atom is -0.393 e. The predicted molar refractivity (Wildman–Crippen MR) is 69.4 cm³/mol. The van der Waals surface area contributed by atoms with Crippen molar-refractivity contribution in [2.45, 2.75) is 26.8 Å². The molecule has 0 bridgehead atoms. The van der Waals surface area contributed by atoms with E-state index in [9.17, 15) is 14.4 Å². The normalized spacial score (nSPS) is 21.8. The van der Waals surface area contributed by atoms with Crippen LogP contribution in [0.25, 0.3) is 0 Å². The molecule has 6 nitrogen and oxygen atoms in total. The molecule has 0 aromatic heterocycles. The van der Waals surface area contributed by atoms with Gasteiger partial charge in [-0.3, -0.25) is 19.7 Å². The highest BCUT2D eigenvalue weighted by Gasteiger charge is 2.38. The highest BCUT2D eigenvalue weighted by atomic mass is 32.1. The molecule has 2 unspecified atom stereocenters. The van der Waals surface area contributed by atoms with Gasteiger partial charge in [0, 0.05) is 0 Å². The highest BCUT2D eigenvalue weighted by Crippen LogP contribution is 2.18. The summed E-state index contributed by atoms with van der Waals surface area (Å²) in [7, 11) is 0. The summed E-state index contributed by atoms with van der Waals surface area (Å²) in [4.78, 5) is 36.4. The lowest BCUT2D eigenvalue weighted by Gasteiger charge is -2.35. The smallest absolute Gasteiger partial charge is 0.249 e. The molecule has 0 aromatic carbocycles. The van der Waals surface area contributed by atoms with Gasteiger partial charge in [-0.05, 0) is 12.8 Å². The summed E-state index contributed by atoms with van der Waals surface area (Å²) in [5, 5.41) is 2.18. The number of nitrogens with one attached hydrogen (secondary N) is 1. The third kappa shape index (κ3) is 2.84. The minimum atomic E-state index is -0.689. The Morgan fingerprint density at radius 2 is 2.06 bits per heavy atom. The van der Waals surface area contributed by atoms with Gasteiger partial charge in [-0.2, -0.15) is 0 Å². The fourth-order valence-electron chi connectivity index (χ4n) is 1.90. The lowest BCUT2D eigenvalue weighted by Crippen LogP contribution is -2.60. The van der Waals surface area contributed by atoms with Crippen molar-refractivity contribution >= 4 is 34.9 Å². The van der Waals surface area contributed by atoms with E-state index in [0.29, 0.717) is 0 Å². The fourth-order valence-corrected chi connectivity index (χ4v) is 2.27. The van der Waals surface area contributed by atoms with Crippen molar-refractivity contribution in [1.82, 2.24) is 10.2 Å². The van der Waals surface area contributed by atoms with Crippen LogP contribution in [0, 0.1) is 11.8 Å². The topological polar surface area (TPSA) is 92.5 Å². The molecule has 1 aliphatic rings. The molecular weight excluding hydrogens is 254 g/mol. The van der Waals surface area contributed by atoms with Gasteiger partial charge in [0.25, 0.3) is 0 Å². The second-order valence-corrected chi connectivity index (χ2v) is 5.15. The Morgan fingerprint density at radius 1 is 1.50 bits per heavy atom. The molecule has 1 saturated heterocycles. The number of carbonyl (C=O) groups excluding carboxylic acids is 3. The standard InChI is InChI=1S/C11H17N3O3S/c1-5(2)8(9(12)18)11(17)14-4-7(15)13-10(16)6(14)3/h5-6,8H,4H2,1-3H3,(H2,12,18)(H,13,15,16). The number of hydrogen-bond acceptors (Lipinski definition) is 4. The minimum absolute atomic E-state index is 0.0812. The third-order valence-electron chi connectivity index (χ3n) is 2.95. The van der Waals surface area contributed by atoms with Crippen LogP contribution in [0.1, 0.15) is 20.8 Å². The van der Waals surface area contributed by atoms with Crippen LogP contribution in [-0.4, -0.2) is 40.2 Å². The fraction of sp³-hybridized carbons (Fsp3) is 0.636. The molecule has 18 heavy (non-hydrogen) atoms. The molecule has 1 rings (SSSR count). The Hall–Kier alpha value is -1.50. The number of carbonyl (C=O) groups is 3. The van der Waals surface area contributed by atoms with Crippen LogP contribution in [0.15, 0.2) is 0 Å². The van der Waals surface area contributed by atoms with E-state index in [2.05, 4.69) is 5.32 Å². The average molecular weight is 271 g/mol. The maximum absolute atomic E-state index is 12.3. The number of amides is 3. The average Bonchev–Trinajstić information content (AvgIpc) is 2.22. The molecule has 0 aromatic rings. The summed E-state index contributed by atoms with van der Waals surface area (Å²) < 4.78 is 0. The Morgan fingerprint density at radius 3 is 2.50 bits per heavy atom. The monoisotopic (exact) mass is 271 g/mol. The molecule has 7 heteroatoms. The molecule has 1 fully saturated rings. The van der Waals surface area contributed by atoms with E-state index in [0.717, 1.165) is 0 Å². The molecule has 100 valence electrons. The molecule has 0 radical (unpaired) electrons. The van der Waals surface area contributed by atoms with Crippen LogP contribution in [0.2, 0.25) is 0 Å². The number of imide groups is 1. The number of piperazine rings is 1. The van der Waals surface area contributed by atoms with Gasteiger partial charge in [0.15, 0.2) is 0 Å². The lowest BCUT2D eigenvalue weighted by molar-refractivity contribution is -0.151. The first-order valence-electron chi connectivity index (χ1n) is 5.69. The Balaban J connectivity index is 2.97. The van der Waals surface area contributed by atoms with Crippen molar-refractivity contribution in [3.8, 4) is 0 Å². The molecule has 3 N–H and O–H groups in total. The molecule has 0 saturated carbocycles. The van der Waals surface area contributed by atoms with Gasteiger partial charge in [0.2, 0.25) is 17.7 Å². The summed E-state index contributed by atoms with van der Waals surface area (Å²) in [5.74, 6) is -2.07. The summed E-state index contributed by atoms with van der Waals surface area (Å²) in [6, 6.07) is -0.689. The molecule has 1 heterocycles. The third-order valence-corrected chi connectivity index (χ3v) is 3.20. The maximum atomic E-state index is 12.3. The first-order chi connectivity index (χ1) is 8.25. The Labute approximate surface area is 111 Å². The van der Waals surface area contributed by atoms with Gasteiger partial charge < -0.3 is 10.6 Å². The van der Waals surface area contributed by atoms with Gasteiger partial charge in [-0.25, -0.2) is 0 Å². The van der Waals surface area contributed by atoms with Crippen molar-refractivity contribution < 1.29 is 14.4 Å². The first kappa shape index (κ1) is 14.6. The number of nitrogens with two attached hydrogens (primary N) is 1. The molecular formula is C11H17N3O3S. The van der Waals surface area contributed by atoms with Crippen molar-refractivity contribution in [3.63, 3.8) is 0 Å². The van der Waals surface area contributed by atoms with E-state index in [1.54, 1.807) is 6.92 Å². The van der Waals surface area contributed by atoms with Crippen LogP contribution in [-0.2, 0) is 14.4 Å². The predicted octanol–water partition coefficient (Wildman–Crippen LogP) is -0.582. The van der Waals surface area contributed by atoms with Crippen LogP contribution in [0.4, 0.5) is 0 Å².